The van der Waals surface area contributed by atoms with Crippen LogP contribution in [0, 0.1) is 11.8 Å². The van der Waals surface area contributed by atoms with Crippen LogP contribution >= 0.6 is 15.6 Å². The van der Waals surface area contributed by atoms with Crippen LogP contribution in [0.2, 0.25) is 0 Å². The number of carbonyl (C=O) groups excluding carboxylic acids is 4. The summed E-state index contributed by atoms with van der Waals surface area (Å²) in [7, 11) is -9.92. The van der Waals surface area contributed by atoms with Crippen LogP contribution in [-0.4, -0.2) is 96.7 Å². The first kappa shape index (κ1) is 99.1. The molecule has 0 saturated carbocycles. The van der Waals surface area contributed by atoms with Gasteiger partial charge in [0.15, 0.2) is 12.2 Å². The van der Waals surface area contributed by atoms with E-state index in [9.17, 15) is 43.2 Å². The number of hydrogen-bond donors (Lipinski definition) is 3. The Balaban J connectivity index is 5.24. The Morgan fingerprint density at radius 3 is 0.752 bits per heavy atom. The summed E-state index contributed by atoms with van der Waals surface area (Å²) in [6.45, 7) is 9.72. The molecule has 6 atom stereocenters. The van der Waals surface area contributed by atoms with Crippen LogP contribution in [0.3, 0.4) is 0 Å². The highest BCUT2D eigenvalue weighted by Gasteiger charge is 2.30. The molecule has 0 heterocycles. The number of phosphoric ester groups is 2. The molecule has 0 aliphatic heterocycles. The Hall–Kier alpha value is -1.94. The van der Waals surface area contributed by atoms with Gasteiger partial charge in [-0.2, -0.15) is 0 Å². The Kier molecular flexibility index (Phi) is 72.2. The second-order valence-corrected chi connectivity index (χ2v) is 33.1. The van der Waals surface area contributed by atoms with Crippen LogP contribution < -0.4 is 0 Å². The molecular weight excluding hydrogens is 1320 g/mol. The summed E-state index contributed by atoms with van der Waals surface area (Å²) in [5.74, 6) is -0.460. The van der Waals surface area contributed by atoms with E-state index in [-0.39, 0.29) is 25.7 Å². The number of carbonyl (C=O) groups is 4. The van der Waals surface area contributed by atoms with Crippen LogP contribution in [0.1, 0.15) is 433 Å². The summed E-state index contributed by atoms with van der Waals surface area (Å²) < 4.78 is 68.8. The van der Waals surface area contributed by atoms with E-state index in [1.807, 2.05) is 0 Å². The van der Waals surface area contributed by atoms with Crippen molar-refractivity contribution in [1.29, 1.82) is 0 Å². The van der Waals surface area contributed by atoms with Gasteiger partial charge in [0.05, 0.1) is 26.4 Å². The molecule has 600 valence electrons. The van der Waals surface area contributed by atoms with Crippen molar-refractivity contribution in [3.8, 4) is 0 Å². The minimum absolute atomic E-state index is 0.108. The van der Waals surface area contributed by atoms with Crippen molar-refractivity contribution in [3.63, 3.8) is 0 Å². The molecule has 17 nitrogen and oxygen atoms in total. The first-order chi connectivity index (χ1) is 48.9. The third kappa shape index (κ3) is 74.7. The number of aliphatic hydroxyl groups is 1. The largest absolute Gasteiger partial charge is 0.472 e. The molecule has 0 aromatic heterocycles. The molecular formula is C82H160O17P2. The van der Waals surface area contributed by atoms with Gasteiger partial charge in [-0.3, -0.25) is 37.3 Å². The molecule has 3 N–H and O–H groups in total. The van der Waals surface area contributed by atoms with Gasteiger partial charge in [0.2, 0.25) is 0 Å². The van der Waals surface area contributed by atoms with Crippen molar-refractivity contribution in [2.45, 2.75) is 452 Å². The third-order valence-electron chi connectivity index (χ3n) is 19.6. The summed E-state index contributed by atoms with van der Waals surface area (Å²) in [5.41, 5.74) is 0. The zero-order valence-electron chi connectivity index (χ0n) is 66.2. The van der Waals surface area contributed by atoms with Gasteiger partial charge in [-0.05, 0) is 37.5 Å². The molecule has 101 heavy (non-hydrogen) atoms. The van der Waals surface area contributed by atoms with Crippen LogP contribution in [0.5, 0.6) is 0 Å². The van der Waals surface area contributed by atoms with Crippen LogP contribution in [0.4, 0.5) is 0 Å². The highest BCUT2D eigenvalue weighted by molar-refractivity contribution is 7.47. The van der Waals surface area contributed by atoms with Gasteiger partial charge < -0.3 is 33.8 Å². The molecule has 0 rings (SSSR count). The number of esters is 4. The molecule has 0 aromatic carbocycles. The second-order valence-electron chi connectivity index (χ2n) is 30.2. The average Bonchev–Trinajstić information content (AvgIpc) is 0.963. The van der Waals surface area contributed by atoms with E-state index >= 15 is 0 Å². The summed E-state index contributed by atoms with van der Waals surface area (Å²) in [4.78, 5) is 73.1. The predicted octanol–water partition coefficient (Wildman–Crippen LogP) is 24.7. The van der Waals surface area contributed by atoms with Crippen molar-refractivity contribution in [1.82, 2.24) is 0 Å². The maximum Gasteiger partial charge on any atom is 0.472 e. The molecule has 0 bridgehead atoms. The first-order valence-corrected chi connectivity index (χ1v) is 45.5. The Morgan fingerprint density at radius 2 is 0.505 bits per heavy atom. The van der Waals surface area contributed by atoms with E-state index in [1.54, 1.807) is 0 Å². The second kappa shape index (κ2) is 73.6. The lowest BCUT2D eigenvalue weighted by Gasteiger charge is -2.21. The van der Waals surface area contributed by atoms with E-state index in [1.165, 1.54) is 250 Å². The maximum absolute atomic E-state index is 13.1. The van der Waals surface area contributed by atoms with E-state index in [0.29, 0.717) is 25.7 Å². The summed E-state index contributed by atoms with van der Waals surface area (Å²) >= 11 is 0. The molecule has 0 aliphatic rings. The molecule has 0 saturated heterocycles. The van der Waals surface area contributed by atoms with Crippen molar-refractivity contribution in [3.05, 3.63) is 0 Å². The van der Waals surface area contributed by atoms with Gasteiger partial charge >= 0.3 is 39.5 Å². The van der Waals surface area contributed by atoms with Gasteiger partial charge in [-0.15, -0.1) is 0 Å². The number of rotatable bonds is 81. The quantitative estimate of drug-likeness (QED) is 0.0222. The monoisotopic (exact) mass is 1480 g/mol. The third-order valence-corrected chi connectivity index (χ3v) is 21.5. The number of unbranched alkanes of at least 4 members (excludes halogenated alkanes) is 50. The van der Waals surface area contributed by atoms with Crippen molar-refractivity contribution >= 4 is 39.5 Å². The van der Waals surface area contributed by atoms with Crippen molar-refractivity contribution < 1.29 is 80.2 Å². The zero-order chi connectivity index (χ0) is 74.2. The zero-order valence-corrected chi connectivity index (χ0v) is 68.0. The van der Waals surface area contributed by atoms with E-state index in [4.69, 9.17) is 37.0 Å². The smallest absolute Gasteiger partial charge is 0.462 e. The SMILES string of the molecule is CCCCCCCCCCCCCCCCCCC(=O)O[C@H](COC(=O)CCCCCCCCCCCC)COP(=O)(O)OC[C@H](O)COP(=O)(O)OC[C@@H](COC(=O)CCCCCCCCCCCCCCCCC(C)C)OC(=O)CCCCCCCCCCCCCCCCC(C)CC. The molecule has 19 heteroatoms. The predicted molar refractivity (Wildman–Crippen MR) is 414 cm³/mol. The van der Waals surface area contributed by atoms with Gasteiger partial charge in [0, 0.05) is 25.7 Å². The maximum atomic E-state index is 13.1. The van der Waals surface area contributed by atoms with Gasteiger partial charge in [-0.1, -0.05) is 382 Å². The standard InChI is InChI=1S/C82H160O17P2/c1-7-10-12-14-16-18-20-21-22-23-31-36-42-48-54-60-66-81(86)98-77(70-92-79(84)64-58-52-46-40-19-17-15-13-11-8-2)72-96-100(88,89)94-68-76(83)69-95-101(90,91)97-73-78(71-93-80(85)65-59-53-47-41-35-30-26-24-28-33-38-44-50-56-62-74(4)5)99-82(87)67-61-55-49-43-37-32-27-25-29-34-39-45-51-57-63-75(6)9-3/h74-78,83H,7-73H2,1-6H3,(H,88,89)(H,90,91)/t75?,76-,77+,78+/m0/s1. The summed E-state index contributed by atoms with van der Waals surface area (Å²) in [6.07, 6.45) is 63.6. The van der Waals surface area contributed by atoms with Crippen LogP contribution in [0.25, 0.3) is 0 Å². The van der Waals surface area contributed by atoms with Crippen molar-refractivity contribution in [2.24, 2.45) is 11.8 Å². The number of ether oxygens (including phenoxy) is 4. The summed E-state index contributed by atoms with van der Waals surface area (Å²) in [5, 5.41) is 10.7. The molecule has 0 spiro atoms. The van der Waals surface area contributed by atoms with E-state index < -0.39 is 97.5 Å². The summed E-state index contributed by atoms with van der Waals surface area (Å²) in [6, 6.07) is 0. The Morgan fingerprint density at radius 1 is 0.287 bits per heavy atom. The fourth-order valence-corrected chi connectivity index (χ4v) is 14.3. The molecule has 0 radical (unpaired) electrons. The van der Waals surface area contributed by atoms with Gasteiger partial charge in [0.1, 0.15) is 19.3 Å². The molecule has 3 unspecified atom stereocenters. The number of hydrogen-bond acceptors (Lipinski definition) is 15. The highest BCUT2D eigenvalue weighted by atomic mass is 31.2. The lowest BCUT2D eigenvalue weighted by atomic mass is 9.99. The topological polar surface area (TPSA) is 237 Å². The van der Waals surface area contributed by atoms with E-state index in [0.717, 1.165) is 102 Å². The first-order valence-electron chi connectivity index (χ1n) is 42.5. The average molecular weight is 1480 g/mol. The molecule has 0 amide bonds. The van der Waals surface area contributed by atoms with Crippen LogP contribution in [0.15, 0.2) is 0 Å². The van der Waals surface area contributed by atoms with Gasteiger partial charge in [-0.25, -0.2) is 9.13 Å². The van der Waals surface area contributed by atoms with Crippen LogP contribution in [-0.2, 0) is 65.4 Å². The lowest BCUT2D eigenvalue weighted by Crippen LogP contribution is -2.30. The molecule has 0 aromatic rings. The van der Waals surface area contributed by atoms with Crippen molar-refractivity contribution in [2.75, 3.05) is 39.6 Å². The highest BCUT2D eigenvalue weighted by Crippen LogP contribution is 2.45. The Bertz CT molecular complexity index is 1940. The number of phosphoric acid groups is 2. The lowest BCUT2D eigenvalue weighted by molar-refractivity contribution is -0.161. The molecule has 0 aliphatic carbocycles. The molecule has 0 fully saturated rings. The fraction of sp³-hybridized carbons (Fsp3) is 0.951. The minimum Gasteiger partial charge on any atom is -0.462 e. The fourth-order valence-electron chi connectivity index (χ4n) is 12.7. The normalized spacial score (nSPS) is 14.2. The van der Waals surface area contributed by atoms with Gasteiger partial charge in [0.25, 0.3) is 0 Å². The number of aliphatic hydroxyl groups excluding tert-OH is 1. The van der Waals surface area contributed by atoms with E-state index in [2.05, 4.69) is 41.5 Å². The Labute approximate surface area is 619 Å². The minimum atomic E-state index is -4.96.